The van der Waals surface area contributed by atoms with Crippen LogP contribution in [0.3, 0.4) is 0 Å². The smallest absolute Gasteiger partial charge is 0.252 e. The third kappa shape index (κ3) is 12.9. The van der Waals surface area contributed by atoms with Gasteiger partial charge in [-0.15, -0.1) is 12.4 Å². The lowest BCUT2D eigenvalue weighted by molar-refractivity contribution is 0.107. The molecule has 0 bridgehead atoms. The molecule has 7 heteroatoms. The van der Waals surface area contributed by atoms with E-state index in [0.29, 0.717) is 11.1 Å². The Morgan fingerprint density at radius 1 is 0.885 bits per heavy atom. The molecular formula is C19H25Cl3N2O2. The van der Waals surface area contributed by atoms with Crippen LogP contribution in [0.5, 0.6) is 0 Å². The Balaban J connectivity index is 0. The summed E-state index contributed by atoms with van der Waals surface area (Å²) in [4.78, 5) is 21.0. The fraction of sp³-hybridized carbons (Fsp3) is 0.263. The molecule has 0 aliphatic rings. The first kappa shape index (κ1) is 26.8. The lowest BCUT2D eigenvalue weighted by atomic mass is 10.1. The number of carbonyl (C=O) groups excluding carboxylic acids is 2. The van der Waals surface area contributed by atoms with Crippen LogP contribution in [0.2, 0.25) is 0 Å². The van der Waals surface area contributed by atoms with Crippen LogP contribution in [-0.2, 0) is 0 Å². The first-order valence-corrected chi connectivity index (χ1v) is 8.32. The number of aryl methyl sites for hydroxylation is 1. The van der Waals surface area contributed by atoms with E-state index in [4.69, 9.17) is 29.0 Å². The highest BCUT2D eigenvalue weighted by molar-refractivity contribution is 6.68. The number of nitrogens with one attached hydrogen (secondary N) is 1. The molecule has 0 radical (unpaired) electrons. The number of carbonyl (C=O) groups is 2. The molecule has 0 fully saturated rings. The molecule has 26 heavy (non-hydrogen) atoms. The van der Waals surface area contributed by atoms with Crippen molar-refractivity contribution in [3.05, 3.63) is 71.3 Å². The molecule has 0 atom stereocenters. The largest absolute Gasteiger partial charge is 0.276 e. The van der Waals surface area contributed by atoms with Crippen LogP contribution < -0.4 is 11.3 Å². The molecule has 2 rings (SSSR count). The summed E-state index contributed by atoms with van der Waals surface area (Å²) in [7, 11) is 0. The van der Waals surface area contributed by atoms with E-state index in [1.165, 1.54) is 0 Å². The first-order valence-electron chi connectivity index (χ1n) is 7.56. The van der Waals surface area contributed by atoms with Gasteiger partial charge >= 0.3 is 0 Å². The fourth-order valence-corrected chi connectivity index (χ4v) is 1.70. The Bertz CT molecular complexity index is 672. The molecule has 2 aromatic rings. The maximum absolute atomic E-state index is 10.6. The van der Waals surface area contributed by atoms with E-state index in [9.17, 15) is 9.59 Å². The Morgan fingerprint density at radius 2 is 1.31 bits per heavy atom. The summed E-state index contributed by atoms with van der Waals surface area (Å²) in [5.74, 6) is 5.06. The summed E-state index contributed by atoms with van der Waals surface area (Å²) in [6.45, 7) is 7.88. The number of rotatable bonds is 2. The normalized spacial score (nSPS) is 9.50. The van der Waals surface area contributed by atoms with Crippen molar-refractivity contribution in [2.24, 2.45) is 5.84 Å². The highest BCUT2D eigenvalue weighted by atomic mass is 35.5. The average molecular weight is 420 g/mol. The second-order valence-corrected chi connectivity index (χ2v) is 6.81. The van der Waals surface area contributed by atoms with Crippen molar-refractivity contribution in [1.29, 1.82) is 0 Å². The molecule has 0 heterocycles. The molecule has 2 aromatic carbocycles. The van der Waals surface area contributed by atoms with Crippen molar-refractivity contribution in [1.82, 2.24) is 5.43 Å². The van der Waals surface area contributed by atoms with E-state index >= 15 is 0 Å². The van der Waals surface area contributed by atoms with Gasteiger partial charge in [0.2, 0.25) is 0 Å². The van der Waals surface area contributed by atoms with E-state index in [1.807, 2.05) is 45.9 Å². The van der Waals surface area contributed by atoms with Gasteiger partial charge in [-0.25, -0.2) is 0 Å². The molecule has 144 valence electrons. The highest BCUT2D eigenvalue weighted by Gasteiger charge is 2.03. The van der Waals surface area contributed by atoms with Crippen molar-refractivity contribution in [2.75, 3.05) is 0 Å². The number of halogens is 3. The van der Waals surface area contributed by atoms with Gasteiger partial charge in [0.15, 0.2) is 0 Å². The molecule has 0 unspecified atom stereocenters. The van der Waals surface area contributed by atoms with Crippen LogP contribution in [0.1, 0.15) is 47.1 Å². The van der Waals surface area contributed by atoms with Gasteiger partial charge in [0.25, 0.3) is 10.5 Å². The van der Waals surface area contributed by atoms with Gasteiger partial charge in [-0.05, 0) is 62.5 Å². The molecule has 0 aromatic heterocycles. The van der Waals surface area contributed by atoms with Gasteiger partial charge in [-0.3, -0.25) is 20.9 Å². The van der Waals surface area contributed by atoms with Gasteiger partial charge in [-0.1, -0.05) is 48.5 Å². The Morgan fingerprint density at radius 3 is 1.58 bits per heavy atom. The van der Waals surface area contributed by atoms with E-state index in [1.54, 1.807) is 36.4 Å². The monoisotopic (exact) mass is 418 g/mol. The Kier molecular flexibility index (Phi) is 14.2. The van der Waals surface area contributed by atoms with Gasteiger partial charge < -0.3 is 0 Å². The van der Waals surface area contributed by atoms with Crippen molar-refractivity contribution < 1.29 is 9.59 Å². The minimum Gasteiger partial charge on any atom is -0.276 e. The third-order valence-corrected chi connectivity index (χ3v) is 3.21. The molecule has 0 saturated carbocycles. The van der Waals surface area contributed by atoms with Crippen LogP contribution in [-0.4, -0.2) is 16.0 Å². The molecule has 4 nitrogen and oxygen atoms in total. The minimum atomic E-state index is -0.407. The van der Waals surface area contributed by atoms with E-state index < -0.39 is 10.5 Å². The van der Waals surface area contributed by atoms with Crippen LogP contribution in [0.15, 0.2) is 54.6 Å². The number of hydrazine groups is 1. The average Bonchev–Trinajstić information content (AvgIpc) is 2.56. The van der Waals surface area contributed by atoms with E-state index in [0.717, 1.165) is 5.56 Å². The minimum absolute atomic E-state index is 0. The quantitative estimate of drug-likeness (QED) is 0.403. The van der Waals surface area contributed by atoms with Gasteiger partial charge in [0.1, 0.15) is 0 Å². The lowest BCUT2D eigenvalue weighted by Crippen LogP contribution is -2.41. The maximum Gasteiger partial charge on any atom is 0.252 e. The Labute approximate surface area is 171 Å². The number of hydrogen-bond acceptors (Lipinski definition) is 4. The second-order valence-electron chi connectivity index (χ2n) is 6.12. The van der Waals surface area contributed by atoms with Crippen LogP contribution in [0.4, 0.5) is 0 Å². The predicted molar refractivity (Wildman–Crippen MR) is 112 cm³/mol. The van der Waals surface area contributed by atoms with Crippen molar-refractivity contribution in [2.45, 2.75) is 33.2 Å². The second kappa shape index (κ2) is 13.7. The molecule has 0 aliphatic carbocycles. The van der Waals surface area contributed by atoms with Gasteiger partial charge in [0.05, 0.1) is 0 Å². The van der Waals surface area contributed by atoms with E-state index in [-0.39, 0.29) is 17.9 Å². The topological polar surface area (TPSA) is 72.2 Å². The van der Waals surface area contributed by atoms with Crippen molar-refractivity contribution >= 4 is 46.1 Å². The zero-order valence-corrected chi connectivity index (χ0v) is 17.6. The molecule has 0 spiro atoms. The molecule has 0 saturated heterocycles. The first-order chi connectivity index (χ1) is 11.6. The molecular weight excluding hydrogens is 395 g/mol. The van der Waals surface area contributed by atoms with Crippen molar-refractivity contribution in [3.8, 4) is 0 Å². The number of hydrogen-bond donors (Lipinski definition) is 2. The number of nitrogens with two attached hydrogens (primary N) is 1. The summed E-state index contributed by atoms with van der Waals surface area (Å²) in [5.41, 5.74) is 4.72. The van der Waals surface area contributed by atoms with Crippen LogP contribution in [0, 0.1) is 6.92 Å². The summed E-state index contributed by atoms with van der Waals surface area (Å²) in [5, 5.41) is -0.797. The molecule has 3 N–H and O–H groups in total. The zero-order valence-electron chi connectivity index (χ0n) is 15.3. The molecule has 0 aliphatic heterocycles. The zero-order chi connectivity index (χ0) is 19.5. The maximum atomic E-state index is 10.6. The standard InChI is InChI=1S/C8H7ClO.C7H5ClO.C4H12N2.ClH/c1-6-4-2-3-5-7(6)8(9)10;8-7(9)6-4-2-1-3-5-6;1-4(2,3)6-5;/h2-5H,1H3;1-5H;6H,5H2,1-3H3;1H. The SMILES string of the molecule is CC(C)(C)NN.Cc1ccccc1C(=O)Cl.Cl.O=C(Cl)c1ccccc1. The summed E-state index contributed by atoms with van der Waals surface area (Å²) >= 11 is 10.4. The Hall–Kier alpha value is -1.43. The highest BCUT2D eigenvalue weighted by Crippen LogP contribution is 2.09. The number of benzene rings is 2. The van der Waals surface area contributed by atoms with Crippen LogP contribution >= 0.6 is 35.6 Å². The summed E-state index contributed by atoms with van der Waals surface area (Å²) in [6.07, 6.45) is 0. The van der Waals surface area contributed by atoms with E-state index in [2.05, 4.69) is 5.43 Å². The third-order valence-electron chi connectivity index (χ3n) is 2.79. The van der Waals surface area contributed by atoms with Gasteiger partial charge in [0, 0.05) is 16.7 Å². The van der Waals surface area contributed by atoms with Crippen molar-refractivity contribution in [3.63, 3.8) is 0 Å². The predicted octanol–water partition coefficient (Wildman–Crippen LogP) is 5.11. The van der Waals surface area contributed by atoms with Crippen LogP contribution in [0.25, 0.3) is 0 Å². The van der Waals surface area contributed by atoms with Gasteiger partial charge in [-0.2, -0.15) is 0 Å². The summed E-state index contributed by atoms with van der Waals surface area (Å²) < 4.78 is 0. The summed E-state index contributed by atoms with van der Waals surface area (Å²) in [6, 6.07) is 16.0. The molecule has 0 amide bonds. The fourth-order valence-electron chi connectivity index (χ4n) is 1.36. The lowest BCUT2D eigenvalue weighted by Gasteiger charge is -2.14.